The highest BCUT2D eigenvalue weighted by Gasteiger charge is 2.34. The van der Waals surface area contributed by atoms with Crippen molar-refractivity contribution in [2.24, 2.45) is 0 Å². The Morgan fingerprint density at radius 1 is 0.886 bits per heavy atom. The van der Waals surface area contributed by atoms with Gasteiger partial charge in [0.2, 0.25) is 5.91 Å². The van der Waals surface area contributed by atoms with Gasteiger partial charge in [-0.15, -0.1) is 11.8 Å². The molecule has 44 heavy (non-hydrogen) atoms. The van der Waals surface area contributed by atoms with Gasteiger partial charge in [0.05, 0.1) is 24.1 Å². The van der Waals surface area contributed by atoms with Crippen LogP contribution in [0.2, 0.25) is 5.02 Å². The van der Waals surface area contributed by atoms with E-state index in [0.717, 1.165) is 23.9 Å². The fourth-order valence-corrected chi connectivity index (χ4v) is 4.71. The quantitative estimate of drug-likeness (QED) is 0.123. The summed E-state index contributed by atoms with van der Waals surface area (Å²) < 4.78 is 45.1. The number of methoxy groups -OCH3 is 1. The third-order valence-electron chi connectivity index (χ3n) is 6.00. The highest BCUT2D eigenvalue weighted by molar-refractivity contribution is 8.00. The molecule has 0 aliphatic rings. The smallest absolute Gasteiger partial charge is 0.418 e. The molecule has 0 unspecified atom stereocenters. The molecule has 4 aromatic rings. The highest BCUT2D eigenvalue weighted by Crippen LogP contribution is 2.36. The van der Waals surface area contributed by atoms with Crippen molar-refractivity contribution in [1.82, 2.24) is 5.32 Å². The van der Waals surface area contributed by atoms with Crippen LogP contribution in [-0.4, -0.2) is 30.6 Å². The molecule has 0 saturated carbocycles. The van der Waals surface area contributed by atoms with E-state index in [2.05, 4.69) is 16.0 Å². The molecule has 0 aliphatic carbocycles. The number of halogens is 4. The normalized spacial score (nSPS) is 11.4. The molecule has 3 amide bonds. The van der Waals surface area contributed by atoms with E-state index in [1.807, 2.05) is 0 Å². The predicted octanol–water partition coefficient (Wildman–Crippen LogP) is 7.51. The van der Waals surface area contributed by atoms with E-state index in [4.69, 9.17) is 16.3 Å². The van der Waals surface area contributed by atoms with Gasteiger partial charge in [0, 0.05) is 21.2 Å². The summed E-state index contributed by atoms with van der Waals surface area (Å²) >= 11 is 6.79. The van der Waals surface area contributed by atoms with E-state index in [1.54, 1.807) is 78.9 Å². The van der Waals surface area contributed by atoms with E-state index < -0.39 is 29.5 Å². The zero-order chi connectivity index (χ0) is 31.7. The van der Waals surface area contributed by atoms with Gasteiger partial charge >= 0.3 is 6.18 Å². The van der Waals surface area contributed by atoms with Crippen LogP contribution in [0.3, 0.4) is 0 Å². The Morgan fingerprint density at radius 3 is 2.20 bits per heavy atom. The Balaban J connectivity index is 1.41. The Bertz CT molecular complexity index is 1660. The Morgan fingerprint density at radius 2 is 1.57 bits per heavy atom. The molecule has 3 N–H and O–H groups in total. The van der Waals surface area contributed by atoms with Crippen LogP contribution in [0.5, 0.6) is 5.75 Å². The summed E-state index contributed by atoms with van der Waals surface area (Å²) in [4.78, 5) is 39.1. The number of carbonyl (C=O) groups excluding carboxylic acids is 3. The zero-order valence-corrected chi connectivity index (χ0v) is 24.6. The molecular formula is C32H25ClF3N3O4S. The number of thioether (sulfide) groups is 1. The lowest BCUT2D eigenvalue weighted by atomic mass is 10.1. The Labute approximate surface area is 260 Å². The summed E-state index contributed by atoms with van der Waals surface area (Å²) in [7, 11) is 1.54. The molecule has 4 aromatic carbocycles. The molecule has 12 heteroatoms. The summed E-state index contributed by atoms with van der Waals surface area (Å²) in [6.45, 7) is 0. The second-order valence-corrected chi connectivity index (χ2v) is 10.6. The summed E-state index contributed by atoms with van der Waals surface area (Å²) in [6, 6.07) is 25.0. The van der Waals surface area contributed by atoms with Gasteiger partial charge in [0.1, 0.15) is 11.4 Å². The van der Waals surface area contributed by atoms with Crippen molar-refractivity contribution in [2.75, 3.05) is 23.5 Å². The fourth-order valence-electron chi connectivity index (χ4n) is 3.84. The number of carbonyl (C=O) groups is 3. The first-order chi connectivity index (χ1) is 21.0. The van der Waals surface area contributed by atoms with Gasteiger partial charge in [-0.05, 0) is 78.4 Å². The summed E-state index contributed by atoms with van der Waals surface area (Å²) in [6.07, 6.45) is -3.15. The van der Waals surface area contributed by atoms with Gasteiger partial charge in [0.15, 0.2) is 0 Å². The lowest BCUT2D eigenvalue weighted by molar-refractivity contribution is -0.137. The molecule has 0 fully saturated rings. The summed E-state index contributed by atoms with van der Waals surface area (Å²) in [5.41, 5.74) is 0.00787. The Hall–Kier alpha value is -4.74. The van der Waals surface area contributed by atoms with Crippen molar-refractivity contribution in [3.05, 3.63) is 124 Å². The summed E-state index contributed by atoms with van der Waals surface area (Å²) in [5.74, 6) is -1.21. The minimum atomic E-state index is -4.69. The highest BCUT2D eigenvalue weighted by atomic mass is 35.5. The molecule has 0 aromatic heterocycles. The molecule has 0 spiro atoms. The van der Waals surface area contributed by atoms with E-state index >= 15 is 0 Å². The fraction of sp³-hybridized carbons (Fsp3) is 0.0938. The van der Waals surface area contributed by atoms with Crippen LogP contribution in [0.25, 0.3) is 6.08 Å². The third-order valence-corrected chi connectivity index (χ3v) is 7.25. The van der Waals surface area contributed by atoms with Crippen LogP contribution in [0.15, 0.2) is 108 Å². The van der Waals surface area contributed by atoms with Crippen LogP contribution in [0.4, 0.5) is 24.5 Å². The first kappa shape index (κ1) is 32.2. The van der Waals surface area contributed by atoms with Gasteiger partial charge in [-0.25, -0.2) is 0 Å². The van der Waals surface area contributed by atoms with E-state index in [-0.39, 0.29) is 22.2 Å². The number of hydrogen-bond acceptors (Lipinski definition) is 5. The Kier molecular flexibility index (Phi) is 10.7. The number of nitrogens with one attached hydrogen (secondary N) is 3. The lowest BCUT2D eigenvalue weighted by Gasteiger charge is -2.14. The van der Waals surface area contributed by atoms with Crippen LogP contribution in [0, 0.1) is 0 Å². The van der Waals surface area contributed by atoms with E-state index in [9.17, 15) is 27.6 Å². The van der Waals surface area contributed by atoms with Crippen molar-refractivity contribution in [2.45, 2.75) is 11.1 Å². The van der Waals surface area contributed by atoms with Crippen LogP contribution in [-0.2, 0) is 15.8 Å². The van der Waals surface area contributed by atoms with Crippen molar-refractivity contribution in [3.8, 4) is 5.75 Å². The molecular weight excluding hydrogens is 615 g/mol. The predicted molar refractivity (Wildman–Crippen MR) is 166 cm³/mol. The first-order valence-corrected chi connectivity index (χ1v) is 14.3. The topological polar surface area (TPSA) is 96.5 Å². The second-order valence-electron chi connectivity index (χ2n) is 9.15. The van der Waals surface area contributed by atoms with Gasteiger partial charge < -0.3 is 20.7 Å². The molecule has 0 saturated heterocycles. The second kappa shape index (κ2) is 14.6. The van der Waals surface area contributed by atoms with E-state index in [0.29, 0.717) is 27.5 Å². The minimum absolute atomic E-state index is 0.000400. The maximum atomic E-state index is 13.3. The zero-order valence-electron chi connectivity index (χ0n) is 23.1. The van der Waals surface area contributed by atoms with Crippen molar-refractivity contribution in [3.63, 3.8) is 0 Å². The maximum Gasteiger partial charge on any atom is 0.418 e. The van der Waals surface area contributed by atoms with Crippen molar-refractivity contribution < 1.29 is 32.3 Å². The number of amides is 3. The lowest BCUT2D eigenvalue weighted by Crippen LogP contribution is -2.30. The number of anilines is 2. The van der Waals surface area contributed by atoms with Crippen LogP contribution < -0.4 is 20.7 Å². The first-order valence-electron chi connectivity index (χ1n) is 12.9. The van der Waals surface area contributed by atoms with Gasteiger partial charge in [-0.3, -0.25) is 14.4 Å². The number of benzene rings is 4. The number of rotatable bonds is 10. The molecule has 7 nitrogen and oxygen atoms in total. The molecule has 0 bridgehead atoms. The van der Waals surface area contributed by atoms with Gasteiger partial charge in [0.25, 0.3) is 11.8 Å². The van der Waals surface area contributed by atoms with Gasteiger partial charge in [-0.2, -0.15) is 13.2 Å². The largest absolute Gasteiger partial charge is 0.497 e. The monoisotopic (exact) mass is 639 g/mol. The average Bonchev–Trinajstić information content (AvgIpc) is 3.01. The maximum absolute atomic E-state index is 13.3. The molecule has 0 heterocycles. The minimum Gasteiger partial charge on any atom is -0.497 e. The molecule has 0 radical (unpaired) electrons. The number of ether oxygens (including phenoxy) is 1. The van der Waals surface area contributed by atoms with Crippen molar-refractivity contribution in [1.29, 1.82) is 0 Å². The molecule has 4 rings (SSSR count). The van der Waals surface area contributed by atoms with Crippen molar-refractivity contribution >= 4 is 58.5 Å². The average molecular weight is 640 g/mol. The standard InChI is InChI=1S/C32H25ClF3N3O4S/c1-43-24-12-7-20(8-13-24)17-28(39-30(41)21-5-3-2-4-6-21)31(42)37-23-10-14-25(15-11-23)44-19-29(40)38-27-16-9-22(33)18-26(27)32(34,35)36/h2-18H,19H2,1H3,(H,37,42)(H,38,40)(H,39,41)/b28-17-. The molecule has 0 atom stereocenters. The SMILES string of the molecule is COc1ccc(/C=C(\NC(=O)c2ccccc2)C(=O)Nc2ccc(SCC(=O)Nc3ccc(Cl)cc3C(F)(F)F)cc2)cc1. The number of hydrogen-bond donors (Lipinski definition) is 3. The van der Waals surface area contributed by atoms with E-state index in [1.165, 1.54) is 19.3 Å². The van der Waals surface area contributed by atoms with Gasteiger partial charge in [-0.1, -0.05) is 41.9 Å². The summed E-state index contributed by atoms with van der Waals surface area (Å²) in [5, 5.41) is 7.58. The molecule has 226 valence electrons. The third kappa shape index (κ3) is 9.13. The van der Waals surface area contributed by atoms with Crippen LogP contribution in [0.1, 0.15) is 21.5 Å². The molecule has 0 aliphatic heterocycles. The number of alkyl halides is 3. The van der Waals surface area contributed by atoms with Crippen LogP contribution >= 0.6 is 23.4 Å².